The van der Waals surface area contributed by atoms with Crippen LogP contribution in [0, 0.1) is 0 Å². The zero-order valence-corrected chi connectivity index (χ0v) is 21.7. The van der Waals surface area contributed by atoms with Gasteiger partial charge in [-0.2, -0.15) is 0 Å². The number of esters is 2. The molecular formula is C22H42N2O9S. The summed E-state index contributed by atoms with van der Waals surface area (Å²) < 4.78 is 20.1. The van der Waals surface area contributed by atoms with Gasteiger partial charge in [0.25, 0.3) is 5.24 Å². The van der Waals surface area contributed by atoms with Crippen LogP contribution in [0.2, 0.25) is 0 Å². The van der Waals surface area contributed by atoms with Gasteiger partial charge in [-0.05, 0) is 39.9 Å². The molecule has 200 valence electrons. The Bertz CT molecular complexity index is 532. The Morgan fingerprint density at radius 3 is 1.65 bits per heavy atom. The second kappa shape index (κ2) is 20.9. The average Bonchev–Trinajstić information content (AvgIpc) is 2.79. The summed E-state index contributed by atoms with van der Waals surface area (Å²) in [6, 6.07) is 0. The van der Waals surface area contributed by atoms with Gasteiger partial charge in [0.05, 0.1) is 26.4 Å². The third-order valence-electron chi connectivity index (χ3n) is 4.56. The standard InChI is InChI=1S/C22H42N2O9S/c1-23(2)10-7-13-34-22(29)24(11-5-8-20(27)32-18(14-25)16-30-3)12-6-9-21(28)33-19(15-26)17-31-4/h18-19,25-26H,5-17H2,1-4H3. The Morgan fingerprint density at radius 2 is 1.26 bits per heavy atom. The quantitative estimate of drug-likeness (QED) is 0.177. The average molecular weight is 511 g/mol. The number of aliphatic hydroxyl groups excluding tert-OH is 2. The van der Waals surface area contributed by atoms with Crippen molar-refractivity contribution in [2.45, 2.75) is 44.3 Å². The molecule has 0 bridgehead atoms. The van der Waals surface area contributed by atoms with E-state index in [1.165, 1.54) is 26.0 Å². The third kappa shape index (κ3) is 17.1. The summed E-state index contributed by atoms with van der Waals surface area (Å²) in [4.78, 5) is 40.4. The monoisotopic (exact) mass is 510 g/mol. The largest absolute Gasteiger partial charge is 0.457 e. The number of hydrogen-bond donors (Lipinski definition) is 2. The van der Waals surface area contributed by atoms with Gasteiger partial charge in [0.2, 0.25) is 0 Å². The second-order valence-corrected chi connectivity index (χ2v) is 9.01. The van der Waals surface area contributed by atoms with E-state index in [4.69, 9.17) is 18.9 Å². The normalized spacial score (nSPS) is 12.9. The molecule has 0 heterocycles. The SMILES string of the molecule is COCC(CO)OC(=O)CCCN(CCCC(=O)OC(CO)COC)C(=O)SCCCN(C)C. The van der Waals surface area contributed by atoms with E-state index >= 15 is 0 Å². The molecule has 0 aromatic heterocycles. The van der Waals surface area contributed by atoms with Crippen LogP contribution in [0.1, 0.15) is 32.1 Å². The van der Waals surface area contributed by atoms with Crippen LogP contribution < -0.4 is 0 Å². The van der Waals surface area contributed by atoms with Crippen molar-refractivity contribution >= 4 is 28.9 Å². The van der Waals surface area contributed by atoms with E-state index in [1.54, 1.807) is 4.90 Å². The van der Waals surface area contributed by atoms with Crippen molar-refractivity contribution in [1.82, 2.24) is 9.80 Å². The lowest BCUT2D eigenvalue weighted by atomic mass is 10.2. The van der Waals surface area contributed by atoms with Crippen molar-refractivity contribution in [2.75, 3.05) is 80.1 Å². The van der Waals surface area contributed by atoms with Crippen molar-refractivity contribution in [3.8, 4) is 0 Å². The maximum Gasteiger partial charge on any atom is 0.306 e. The van der Waals surface area contributed by atoms with Crippen LogP contribution in [-0.2, 0) is 28.5 Å². The molecule has 0 saturated carbocycles. The molecule has 11 nitrogen and oxygen atoms in total. The highest BCUT2D eigenvalue weighted by Gasteiger charge is 2.18. The summed E-state index contributed by atoms with van der Waals surface area (Å²) in [7, 11) is 6.85. The number of nitrogens with zero attached hydrogens (tertiary/aromatic N) is 2. The molecule has 0 fully saturated rings. The van der Waals surface area contributed by atoms with Gasteiger partial charge in [-0.25, -0.2) is 0 Å². The minimum Gasteiger partial charge on any atom is -0.457 e. The van der Waals surface area contributed by atoms with Crippen LogP contribution in [0.3, 0.4) is 0 Å². The molecular weight excluding hydrogens is 468 g/mol. The number of methoxy groups -OCH3 is 2. The number of thioether (sulfide) groups is 1. The molecule has 0 aliphatic carbocycles. The molecule has 0 aliphatic rings. The minimum absolute atomic E-state index is 0.0898. The molecule has 2 atom stereocenters. The van der Waals surface area contributed by atoms with Gasteiger partial charge in [-0.3, -0.25) is 14.4 Å². The van der Waals surface area contributed by atoms with Crippen molar-refractivity contribution < 1.29 is 43.5 Å². The summed E-state index contributed by atoms with van der Waals surface area (Å²) in [5, 5.41) is 18.3. The van der Waals surface area contributed by atoms with E-state index in [2.05, 4.69) is 0 Å². The molecule has 2 unspecified atom stereocenters. The number of rotatable bonds is 20. The summed E-state index contributed by atoms with van der Waals surface area (Å²) >= 11 is 1.21. The van der Waals surface area contributed by atoms with E-state index in [-0.39, 0.29) is 44.5 Å². The van der Waals surface area contributed by atoms with Crippen LogP contribution in [0.5, 0.6) is 0 Å². The molecule has 2 N–H and O–H groups in total. The molecule has 12 heteroatoms. The molecule has 1 amide bonds. The molecule has 0 aromatic carbocycles. The molecule has 0 radical (unpaired) electrons. The number of aliphatic hydroxyl groups is 2. The highest BCUT2D eigenvalue weighted by atomic mass is 32.2. The fourth-order valence-corrected chi connectivity index (χ4v) is 3.68. The van der Waals surface area contributed by atoms with Crippen molar-refractivity contribution in [3.05, 3.63) is 0 Å². The predicted molar refractivity (Wildman–Crippen MR) is 129 cm³/mol. The van der Waals surface area contributed by atoms with Gasteiger partial charge < -0.3 is 39.0 Å². The predicted octanol–water partition coefficient (Wildman–Crippen LogP) is 0.755. The van der Waals surface area contributed by atoms with E-state index < -0.39 is 24.1 Å². The Balaban J connectivity index is 4.65. The van der Waals surface area contributed by atoms with Gasteiger partial charge in [0, 0.05) is 45.9 Å². The second-order valence-electron chi connectivity index (χ2n) is 7.96. The van der Waals surface area contributed by atoms with Gasteiger partial charge in [0.15, 0.2) is 0 Å². The molecule has 0 spiro atoms. The molecule has 0 aromatic rings. The van der Waals surface area contributed by atoms with Crippen LogP contribution >= 0.6 is 11.8 Å². The number of ether oxygens (including phenoxy) is 4. The molecule has 34 heavy (non-hydrogen) atoms. The first-order chi connectivity index (χ1) is 16.3. The fourth-order valence-electron chi connectivity index (χ4n) is 2.86. The lowest BCUT2D eigenvalue weighted by molar-refractivity contribution is -0.154. The lowest BCUT2D eigenvalue weighted by Gasteiger charge is -2.23. The topological polar surface area (TPSA) is 135 Å². The first-order valence-electron chi connectivity index (χ1n) is 11.4. The Labute approximate surface area is 207 Å². The summed E-state index contributed by atoms with van der Waals surface area (Å²) in [6.45, 7) is 1.10. The van der Waals surface area contributed by atoms with Crippen molar-refractivity contribution in [1.29, 1.82) is 0 Å². The third-order valence-corrected chi connectivity index (χ3v) is 5.56. The first kappa shape index (κ1) is 32.6. The number of amides is 1. The van der Waals surface area contributed by atoms with Gasteiger partial charge in [-0.1, -0.05) is 11.8 Å². The van der Waals surface area contributed by atoms with Crippen LogP contribution in [-0.4, -0.2) is 130 Å². The van der Waals surface area contributed by atoms with Crippen LogP contribution in [0.4, 0.5) is 4.79 Å². The number of hydrogen-bond acceptors (Lipinski definition) is 11. The highest BCUT2D eigenvalue weighted by Crippen LogP contribution is 2.14. The maximum absolute atomic E-state index is 12.7. The van der Waals surface area contributed by atoms with E-state index in [0.29, 0.717) is 31.7 Å². The zero-order valence-electron chi connectivity index (χ0n) is 20.9. The van der Waals surface area contributed by atoms with Crippen molar-refractivity contribution in [3.63, 3.8) is 0 Å². The van der Waals surface area contributed by atoms with Crippen LogP contribution in [0.15, 0.2) is 0 Å². The zero-order chi connectivity index (χ0) is 25.8. The molecule has 0 rings (SSSR count). The van der Waals surface area contributed by atoms with E-state index in [0.717, 1.165) is 13.0 Å². The van der Waals surface area contributed by atoms with Gasteiger partial charge in [-0.15, -0.1) is 0 Å². The van der Waals surface area contributed by atoms with Crippen molar-refractivity contribution in [2.24, 2.45) is 0 Å². The fraction of sp³-hybridized carbons (Fsp3) is 0.864. The molecule has 0 aliphatic heterocycles. The number of carbonyl (C=O) groups excluding carboxylic acids is 3. The first-order valence-corrected chi connectivity index (χ1v) is 12.4. The Morgan fingerprint density at radius 1 is 0.794 bits per heavy atom. The van der Waals surface area contributed by atoms with Crippen LogP contribution in [0.25, 0.3) is 0 Å². The summed E-state index contributed by atoms with van der Waals surface area (Å²) in [5.74, 6) is -0.278. The highest BCUT2D eigenvalue weighted by molar-refractivity contribution is 8.13. The van der Waals surface area contributed by atoms with Gasteiger partial charge in [0.1, 0.15) is 12.2 Å². The van der Waals surface area contributed by atoms with E-state index in [9.17, 15) is 24.6 Å². The van der Waals surface area contributed by atoms with Gasteiger partial charge >= 0.3 is 11.9 Å². The Kier molecular flexibility index (Phi) is 20.0. The lowest BCUT2D eigenvalue weighted by Crippen LogP contribution is -2.32. The minimum atomic E-state index is -0.714. The summed E-state index contributed by atoms with van der Waals surface area (Å²) in [5.41, 5.74) is 0. The van der Waals surface area contributed by atoms with E-state index in [1.807, 2.05) is 19.0 Å². The smallest absolute Gasteiger partial charge is 0.306 e. The maximum atomic E-state index is 12.7. The Hall–Kier alpha value is -1.44. The summed E-state index contributed by atoms with van der Waals surface area (Å²) in [6.07, 6.45) is 0.389. The molecule has 0 saturated heterocycles. The number of carbonyl (C=O) groups is 3.